The Morgan fingerprint density at radius 1 is 1.00 bits per heavy atom. The second-order valence-electron chi connectivity index (χ2n) is 0.129. The van der Waals surface area contributed by atoms with Crippen molar-refractivity contribution in [3.63, 3.8) is 0 Å². The van der Waals surface area contributed by atoms with E-state index in [2.05, 4.69) is 39.1 Å². The zero-order valence-electron chi connectivity index (χ0n) is 1.74. The summed E-state index contributed by atoms with van der Waals surface area (Å²) in [7, 11) is 0. The van der Waals surface area contributed by atoms with Crippen molar-refractivity contribution in [2.75, 3.05) is 0 Å². The maximum absolute atomic E-state index is 3.25. The number of rotatable bonds is 0. The summed E-state index contributed by atoms with van der Waals surface area (Å²) in [5.41, 5.74) is 0. The van der Waals surface area contributed by atoms with Gasteiger partial charge in [-0.3, -0.25) is 0 Å². The summed E-state index contributed by atoms with van der Waals surface area (Å²) >= 11 is 8.99. The Labute approximate surface area is 72.0 Å². The minimum atomic E-state index is -0.766. The molecule has 0 aliphatic heterocycles. The van der Waals surface area contributed by atoms with Crippen LogP contribution >= 0.6 is 39.1 Å². The molecule has 0 saturated heterocycles. The molecule has 0 rings (SSSR count). The summed E-state index contributed by atoms with van der Waals surface area (Å²) in [6, 6.07) is 0. The molecule has 0 saturated carbocycles. The molecule has 0 aliphatic rings. The summed E-state index contributed by atoms with van der Waals surface area (Å²) in [4.78, 5) is 0. The molecule has 0 atom stereocenters. The molecular weight excluding hydrogens is 545 g/mol. The first kappa shape index (κ1) is 10.8. The molecule has 0 N–H and O–H groups in total. The first-order valence-corrected chi connectivity index (χ1v) is 14.5. The first-order chi connectivity index (χ1) is 1.73. The van der Waals surface area contributed by atoms with Crippen molar-refractivity contribution in [1.82, 2.24) is 0 Å². The van der Waals surface area contributed by atoms with E-state index in [4.69, 9.17) is 0 Å². The van der Waals surface area contributed by atoms with Gasteiger partial charge in [0.15, 0.2) is 0 Å². The summed E-state index contributed by atoms with van der Waals surface area (Å²) in [5.74, 6) is 0. The molecule has 0 amide bonds. The molecule has 5 heteroatoms. The summed E-state index contributed by atoms with van der Waals surface area (Å²) in [6.07, 6.45) is 0. The Bertz CT molecular complexity index is 11.6. The molecule has 0 aliphatic carbocycles. The monoisotopic (exact) mass is 541 g/mol. The number of hydrogen-bond acceptors (Lipinski definition) is 0. The van der Waals surface area contributed by atoms with Gasteiger partial charge in [-0.1, -0.05) is 0 Å². The first-order valence-electron chi connectivity index (χ1n) is 0.342. The molecular formula is AgAuBr3. The Morgan fingerprint density at radius 3 is 1.00 bits per heavy atom. The van der Waals surface area contributed by atoms with Crippen LogP contribution in [0.4, 0.5) is 0 Å². The van der Waals surface area contributed by atoms with E-state index in [-0.39, 0.29) is 22.4 Å². The molecule has 0 aromatic carbocycles. The van der Waals surface area contributed by atoms with Crippen LogP contribution in [0.2, 0.25) is 0 Å². The van der Waals surface area contributed by atoms with Gasteiger partial charge in [0.1, 0.15) is 0 Å². The van der Waals surface area contributed by atoms with Crippen LogP contribution in [0.15, 0.2) is 0 Å². The van der Waals surface area contributed by atoms with Gasteiger partial charge >= 0.3 is 51.1 Å². The van der Waals surface area contributed by atoms with Gasteiger partial charge in [0.25, 0.3) is 0 Å². The van der Waals surface area contributed by atoms with Crippen LogP contribution < -0.4 is 0 Å². The van der Waals surface area contributed by atoms with E-state index < -0.39 is 12.0 Å². The minimum absolute atomic E-state index is 0. The van der Waals surface area contributed by atoms with Gasteiger partial charge in [-0.05, 0) is 0 Å². The van der Waals surface area contributed by atoms with Crippen molar-refractivity contribution in [3.05, 3.63) is 0 Å². The maximum atomic E-state index is 3.25. The molecule has 1 radical (unpaired) electrons. The molecule has 0 heterocycles. The van der Waals surface area contributed by atoms with Gasteiger partial charge in [-0.2, -0.15) is 0 Å². The molecule has 0 aromatic rings. The van der Waals surface area contributed by atoms with E-state index in [0.29, 0.717) is 0 Å². The predicted octanol–water partition coefficient (Wildman–Crippen LogP) is 2.53. The van der Waals surface area contributed by atoms with Crippen molar-refractivity contribution in [2.24, 2.45) is 0 Å². The van der Waals surface area contributed by atoms with Crippen molar-refractivity contribution in [3.8, 4) is 0 Å². The fourth-order valence-corrected chi connectivity index (χ4v) is 0. The average Bonchev–Trinajstić information content (AvgIpc) is 0.811. The fraction of sp³-hybridized carbons (Fsp3) is 0. The van der Waals surface area contributed by atoms with E-state index in [9.17, 15) is 0 Å². The quantitative estimate of drug-likeness (QED) is 0.412. The van der Waals surface area contributed by atoms with Crippen LogP contribution in [-0.2, 0) is 34.4 Å². The molecule has 0 aromatic heterocycles. The van der Waals surface area contributed by atoms with Crippen molar-refractivity contribution < 1.29 is 34.4 Å². The number of halogens is 3. The third kappa shape index (κ3) is 19.6. The molecule has 0 bridgehead atoms. The second-order valence-corrected chi connectivity index (χ2v) is 28.6. The zero-order valence-corrected chi connectivity index (χ0v) is 10.1. The standard InChI is InChI=1S/Ag.Au.3BrH/h;;3*1H/q;+3;;;/p-3. The molecule has 5 heavy (non-hydrogen) atoms. The van der Waals surface area contributed by atoms with Crippen molar-refractivity contribution >= 4 is 39.1 Å². The van der Waals surface area contributed by atoms with Gasteiger partial charge in [-0.25, -0.2) is 0 Å². The van der Waals surface area contributed by atoms with Gasteiger partial charge in [0, 0.05) is 22.4 Å². The summed E-state index contributed by atoms with van der Waals surface area (Å²) in [5, 5.41) is 0. The molecule has 0 nitrogen and oxygen atoms in total. The molecule has 0 unspecified atom stereocenters. The molecule has 43 valence electrons. The van der Waals surface area contributed by atoms with Crippen molar-refractivity contribution in [2.45, 2.75) is 0 Å². The average molecular weight is 545 g/mol. The van der Waals surface area contributed by atoms with E-state index in [1.807, 2.05) is 0 Å². The molecule has 0 spiro atoms. The SMILES string of the molecule is [Ag].[Br][Au]([Br])[Br]. The Balaban J connectivity index is 0. The zero-order chi connectivity index (χ0) is 3.58. The summed E-state index contributed by atoms with van der Waals surface area (Å²) in [6.45, 7) is 0. The fourth-order valence-electron chi connectivity index (χ4n) is 0. The van der Waals surface area contributed by atoms with E-state index in [1.54, 1.807) is 0 Å². The van der Waals surface area contributed by atoms with Crippen LogP contribution in [0.25, 0.3) is 0 Å². The number of hydrogen-bond donors (Lipinski definition) is 0. The third-order valence-corrected chi connectivity index (χ3v) is 0. The van der Waals surface area contributed by atoms with E-state index >= 15 is 0 Å². The third-order valence-electron chi connectivity index (χ3n) is 0. The van der Waals surface area contributed by atoms with Crippen LogP contribution in [0, 0.1) is 0 Å². The van der Waals surface area contributed by atoms with Crippen LogP contribution in [0.3, 0.4) is 0 Å². The van der Waals surface area contributed by atoms with Crippen LogP contribution in [0.1, 0.15) is 0 Å². The second kappa shape index (κ2) is 6.92. The summed E-state index contributed by atoms with van der Waals surface area (Å²) < 4.78 is 0. The Morgan fingerprint density at radius 2 is 1.00 bits per heavy atom. The van der Waals surface area contributed by atoms with Gasteiger partial charge in [-0.15, -0.1) is 0 Å². The van der Waals surface area contributed by atoms with Crippen LogP contribution in [-0.4, -0.2) is 0 Å². The van der Waals surface area contributed by atoms with Gasteiger partial charge in [0.05, 0.1) is 0 Å². The van der Waals surface area contributed by atoms with Crippen molar-refractivity contribution in [1.29, 1.82) is 0 Å². The Kier molecular flexibility index (Phi) is 15.0. The van der Waals surface area contributed by atoms with Crippen LogP contribution in [0.5, 0.6) is 0 Å². The predicted molar refractivity (Wildman–Crippen MR) is 26.8 cm³/mol. The van der Waals surface area contributed by atoms with Gasteiger partial charge < -0.3 is 0 Å². The van der Waals surface area contributed by atoms with E-state index in [1.165, 1.54) is 0 Å². The van der Waals surface area contributed by atoms with Gasteiger partial charge in [0.2, 0.25) is 0 Å². The Hall–Kier alpha value is 2.92. The van der Waals surface area contributed by atoms with E-state index in [0.717, 1.165) is 0 Å². The molecule has 0 fully saturated rings. The normalized spacial score (nSPS) is 9.00. The topological polar surface area (TPSA) is 0 Å².